The minimum Gasteiger partial charge on any atom is -0.341 e. The van der Waals surface area contributed by atoms with Crippen molar-refractivity contribution < 1.29 is 9.59 Å². The second-order valence-corrected chi connectivity index (χ2v) is 6.94. The van der Waals surface area contributed by atoms with E-state index in [0.717, 1.165) is 31.6 Å². The van der Waals surface area contributed by atoms with E-state index in [-0.39, 0.29) is 11.8 Å². The SMILES string of the molecule is Cc1nnnn1-c1cccc(C(=O)N2CCNC[C@@H]2C(=O)N2CCCC2)c1. The van der Waals surface area contributed by atoms with Crippen molar-refractivity contribution in [3.63, 3.8) is 0 Å². The molecule has 9 heteroatoms. The van der Waals surface area contributed by atoms with Crippen LogP contribution in [0, 0.1) is 6.92 Å². The van der Waals surface area contributed by atoms with Gasteiger partial charge in [-0.25, -0.2) is 0 Å². The van der Waals surface area contributed by atoms with E-state index in [0.29, 0.717) is 31.0 Å². The van der Waals surface area contributed by atoms with E-state index in [1.54, 1.807) is 28.6 Å². The second kappa shape index (κ2) is 7.43. The van der Waals surface area contributed by atoms with Gasteiger partial charge in [-0.05, 0) is 48.4 Å². The fourth-order valence-electron chi connectivity index (χ4n) is 3.72. The molecule has 4 rings (SSSR count). The van der Waals surface area contributed by atoms with Gasteiger partial charge in [0.2, 0.25) is 5.91 Å². The van der Waals surface area contributed by atoms with Gasteiger partial charge >= 0.3 is 0 Å². The molecule has 1 aromatic carbocycles. The lowest BCUT2D eigenvalue weighted by Gasteiger charge is -2.37. The van der Waals surface area contributed by atoms with Crippen molar-refractivity contribution in [2.75, 3.05) is 32.7 Å². The first-order chi connectivity index (χ1) is 13.1. The number of tetrazole rings is 1. The first-order valence-corrected chi connectivity index (χ1v) is 9.31. The van der Waals surface area contributed by atoms with Crippen LogP contribution in [0.2, 0.25) is 0 Å². The number of carbonyl (C=O) groups is 2. The molecule has 9 nitrogen and oxygen atoms in total. The molecule has 1 aromatic heterocycles. The van der Waals surface area contributed by atoms with E-state index in [4.69, 9.17) is 0 Å². The number of likely N-dealkylation sites (tertiary alicyclic amines) is 1. The molecule has 2 aliphatic heterocycles. The van der Waals surface area contributed by atoms with E-state index < -0.39 is 6.04 Å². The van der Waals surface area contributed by atoms with Crippen molar-refractivity contribution in [2.45, 2.75) is 25.8 Å². The Kier molecular flexibility index (Phi) is 4.85. The number of aryl methyl sites for hydroxylation is 1. The summed E-state index contributed by atoms with van der Waals surface area (Å²) in [5, 5.41) is 14.7. The molecule has 1 N–H and O–H groups in total. The average molecular weight is 369 g/mol. The van der Waals surface area contributed by atoms with Gasteiger partial charge in [0.15, 0.2) is 5.82 Å². The minimum absolute atomic E-state index is 0.0422. The Bertz CT molecular complexity index is 844. The number of aromatic nitrogens is 4. The molecule has 1 atom stereocenters. The predicted octanol–water partition coefficient (Wildman–Crippen LogP) is 0.00712. The Labute approximate surface area is 157 Å². The smallest absolute Gasteiger partial charge is 0.254 e. The van der Waals surface area contributed by atoms with E-state index in [2.05, 4.69) is 20.8 Å². The number of amides is 2. The van der Waals surface area contributed by atoms with Crippen molar-refractivity contribution in [1.82, 2.24) is 35.3 Å². The molecule has 0 bridgehead atoms. The summed E-state index contributed by atoms with van der Waals surface area (Å²) >= 11 is 0. The van der Waals surface area contributed by atoms with Gasteiger partial charge in [0, 0.05) is 38.3 Å². The summed E-state index contributed by atoms with van der Waals surface area (Å²) < 4.78 is 1.58. The Hall–Kier alpha value is -2.81. The zero-order chi connectivity index (χ0) is 18.8. The maximum atomic E-state index is 13.2. The summed E-state index contributed by atoms with van der Waals surface area (Å²) in [6.45, 7) is 5.05. The maximum absolute atomic E-state index is 13.2. The highest BCUT2D eigenvalue weighted by Gasteiger charge is 2.36. The van der Waals surface area contributed by atoms with Crippen LogP contribution in [-0.4, -0.2) is 80.6 Å². The molecular weight excluding hydrogens is 346 g/mol. The first kappa shape index (κ1) is 17.6. The number of piperazine rings is 1. The summed E-state index contributed by atoms with van der Waals surface area (Å²) in [4.78, 5) is 29.7. The Morgan fingerprint density at radius 3 is 2.74 bits per heavy atom. The zero-order valence-electron chi connectivity index (χ0n) is 15.3. The number of hydrogen-bond donors (Lipinski definition) is 1. The van der Waals surface area contributed by atoms with Crippen LogP contribution in [0.5, 0.6) is 0 Å². The molecule has 0 saturated carbocycles. The third-order valence-electron chi connectivity index (χ3n) is 5.17. The van der Waals surface area contributed by atoms with E-state index in [1.165, 1.54) is 0 Å². The lowest BCUT2D eigenvalue weighted by molar-refractivity contribution is -0.135. The van der Waals surface area contributed by atoms with Crippen LogP contribution in [0.1, 0.15) is 29.0 Å². The van der Waals surface area contributed by atoms with Crippen molar-refractivity contribution in [1.29, 1.82) is 0 Å². The van der Waals surface area contributed by atoms with Crippen LogP contribution in [0.4, 0.5) is 0 Å². The van der Waals surface area contributed by atoms with Crippen LogP contribution < -0.4 is 5.32 Å². The van der Waals surface area contributed by atoms with Crippen LogP contribution in [0.25, 0.3) is 5.69 Å². The van der Waals surface area contributed by atoms with E-state index in [9.17, 15) is 9.59 Å². The molecule has 142 valence electrons. The highest BCUT2D eigenvalue weighted by atomic mass is 16.2. The topological polar surface area (TPSA) is 96.2 Å². The van der Waals surface area contributed by atoms with Crippen molar-refractivity contribution in [2.24, 2.45) is 0 Å². The average Bonchev–Trinajstić information content (AvgIpc) is 3.39. The Morgan fingerprint density at radius 2 is 2.00 bits per heavy atom. The molecule has 2 amide bonds. The number of nitrogens with zero attached hydrogens (tertiary/aromatic N) is 6. The van der Waals surface area contributed by atoms with Gasteiger partial charge in [-0.2, -0.15) is 4.68 Å². The maximum Gasteiger partial charge on any atom is 0.254 e. The number of hydrogen-bond acceptors (Lipinski definition) is 6. The summed E-state index contributed by atoms with van der Waals surface area (Å²) in [5.41, 5.74) is 1.25. The summed E-state index contributed by atoms with van der Waals surface area (Å²) in [7, 11) is 0. The van der Waals surface area contributed by atoms with E-state index in [1.807, 2.05) is 17.0 Å². The van der Waals surface area contributed by atoms with Gasteiger partial charge in [-0.15, -0.1) is 5.10 Å². The molecule has 2 saturated heterocycles. The fourth-order valence-corrected chi connectivity index (χ4v) is 3.72. The molecule has 0 spiro atoms. The molecule has 0 radical (unpaired) electrons. The molecule has 0 unspecified atom stereocenters. The highest BCUT2D eigenvalue weighted by Crippen LogP contribution is 2.18. The predicted molar refractivity (Wildman–Crippen MR) is 97.4 cm³/mol. The van der Waals surface area contributed by atoms with Gasteiger partial charge < -0.3 is 15.1 Å². The van der Waals surface area contributed by atoms with Gasteiger partial charge in [-0.1, -0.05) is 6.07 Å². The van der Waals surface area contributed by atoms with Crippen molar-refractivity contribution >= 4 is 11.8 Å². The molecule has 2 aromatic rings. The zero-order valence-corrected chi connectivity index (χ0v) is 15.3. The largest absolute Gasteiger partial charge is 0.341 e. The van der Waals surface area contributed by atoms with Crippen molar-refractivity contribution in [3.8, 4) is 5.69 Å². The number of rotatable bonds is 3. The summed E-state index contributed by atoms with van der Waals surface area (Å²) in [6, 6.07) is 6.74. The van der Waals surface area contributed by atoms with Crippen molar-refractivity contribution in [3.05, 3.63) is 35.7 Å². The molecule has 0 aliphatic carbocycles. The van der Waals surface area contributed by atoms with Gasteiger partial charge in [0.1, 0.15) is 6.04 Å². The minimum atomic E-state index is -0.456. The van der Waals surface area contributed by atoms with Crippen LogP contribution in [0.15, 0.2) is 24.3 Å². The number of nitrogens with one attached hydrogen (secondary N) is 1. The van der Waals surface area contributed by atoms with Crippen LogP contribution in [-0.2, 0) is 4.79 Å². The molecule has 2 fully saturated rings. The monoisotopic (exact) mass is 369 g/mol. The summed E-state index contributed by atoms with van der Waals surface area (Å²) in [5.74, 6) is 0.547. The lowest BCUT2D eigenvalue weighted by atomic mass is 10.1. The first-order valence-electron chi connectivity index (χ1n) is 9.31. The highest BCUT2D eigenvalue weighted by molar-refractivity contribution is 5.98. The Morgan fingerprint density at radius 1 is 1.19 bits per heavy atom. The fraction of sp³-hybridized carbons (Fsp3) is 0.500. The summed E-state index contributed by atoms with van der Waals surface area (Å²) in [6.07, 6.45) is 2.07. The standard InChI is InChI=1S/C18H23N7O2/c1-13-20-21-22-25(13)15-6-4-5-14(11-15)17(26)24-10-7-19-12-16(24)18(27)23-8-2-3-9-23/h4-6,11,16,19H,2-3,7-10,12H2,1H3/t16-/m1/s1. The second-order valence-electron chi connectivity index (χ2n) is 6.94. The third kappa shape index (κ3) is 3.42. The van der Waals surface area contributed by atoms with Gasteiger partial charge in [-0.3, -0.25) is 9.59 Å². The molecular formula is C18H23N7O2. The molecule has 27 heavy (non-hydrogen) atoms. The van der Waals surface area contributed by atoms with Gasteiger partial charge in [0.25, 0.3) is 5.91 Å². The quantitative estimate of drug-likeness (QED) is 0.819. The number of benzene rings is 1. The number of carbonyl (C=O) groups excluding carboxylic acids is 2. The third-order valence-corrected chi connectivity index (χ3v) is 5.17. The lowest BCUT2D eigenvalue weighted by Crippen LogP contribution is -2.59. The molecule has 2 aliphatic rings. The molecule has 3 heterocycles. The van der Waals surface area contributed by atoms with Crippen LogP contribution >= 0.6 is 0 Å². The van der Waals surface area contributed by atoms with E-state index >= 15 is 0 Å². The Balaban J connectivity index is 1.58. The normalized spacial score (nSPS) is 20.1. The van der Waals surface area contributed by atoms with Gasteiger partial charge in [0.05, 0.1) is 5.69 Å². The van der Waals surface area contributed by atoms with Crippen LogP contribution in [0.3, 0.4) is 0 Å².